The Morgan fingerprint density at radius 1 is 1.41 bits per heavy atom. The molecule has 17 heavy (non-hydrogen) atoms. The van der Waals surface area contributed by atoms with Gasteiger partial charge in [0.25, 0.3) is 0 Å². The summed E-state index contributed by atoms with van der Waals surface area (Å²) in [6.45, 7) is 4.90. The molecule has 1 atom stereocenters. The van der Waals surface area contributed by atoms with Crippen molar-refractivity contribution in [3.63, 3.8) is 0 Å². The summed E-state index contributed by atoms with van der Waals surface area (Å²) in [5.74, 6) is 1.19. The minimum absolute atomic E-state index is 0.0821. The van der Waals surface area contributed by atoms with Crippen LogP contribution in [0.3, 0.4) is 0 Å². The molecule has 3 nitrogen and oxygen atoms in total. The van der Waals surface area contributed by atoms with E-state index in [0.29, 0.717) is 17.5 Å². The lowest BCUT2D eigenvalue weighted by Crippen LogP contribution is -2.36. The van der Waals surface area contributed by atoms with Crippen LogP contribution in [0.2, 0.25) is 5.02 Å². The van der Waals surface area contributed by atoms with Gasteiger partial charge in [0.2, 0.25) is 0 Å². The number of halogens is 1. The maximum absolute atomic E-state index is 9.24. The molecule has 1 aromatic rings. The second-order valence-electron chi connectivity index (χ2n) is 4.37. The highest BCUT2D eigenvalue weighted by Crippen LogP contribution is 2.22. The Morgan fingerprint density at radius 2 is 2.12 bits per heavy atom. The average Bonchev–Trinajstić information content (AvgIpc) is 2.29. The maximum atomic E-state index is 9.24. The predicted octanol–water partition coefficient (Wildman–Crippen LogP) is 2.46. The number of hydrogen-bond donors (Lipinski definition) is 2. The summed E-state index contributed by atoms with van der Waals surface area (Å²) in [6, 6.07) is 5.61. The molecule has 0 radical (unpaired) electrons. The summed E-state index contributed by atoms with van der Waals surface area (Å²) in [6.07, 6.45) is 0. The highest BCUT2D eigenvalue weighted by atomic mass is 35.5. The number of aliphatic hydroxyl groups excluding tert-OH is 1. The molecule has 4 heteroatoms. The molecule has 0 aliphatic carbocycles. The lowest BCUT2D eigenvalue weighted by molar-refractivity contribution is 0.209. The Hall–Kier alpha value is -0.770. The van der Waals surface area contributed by atoms with Crippen molar-refractivity contribution in [3.05, 3.63) is 28.8 Å². The molecule has 1 rings (SSSR count). The molecule has 0 bridgehead atoms. The SMILES string of the molecule is COc1ccc(Cl)cc1CNC(CO)C(C)C. The molecule has 0 aromatic heterocycles. The molecule has 1 unspecified atom stereocenters. The van der Waals surface area contributed by atoms with Crippen molar-refractivity contribution in [3.8, 4) is 5.75 Å². The molecule has 0 aliphatic heterocycles. The van der Waals surface area contributed by atoms with Crippen LogP contribution in [0.4, 0.5) is 0 Å². The second kappa shape index (κ2) is 6.84. The largest absolute Gasteiger partial charge is 0.496 e. The van der Waals surface area contributed by atoms with E-state index in [1.54, 1.807) is 13.2 Å². The first kappa shape index (κ1) is 14.3. The summed E-state index contributed by atoms with van der Waals surface area (Å²) < 4.78 is 5.27. The first-order valence-corrected chi connectivity index (χ1v) is 6.13. The number of hydrogen-bond acceptors (Lipinski definition) is 3. The van der Waals surface area contributed by atoms with Crippen LogP contribution in [0.5, 0.6) is 5.75 Å². The van der Waals surface area contributed by atoms with Gasteiger partial charge in [0.1, 0.15) is 5.75 Å². The quantitative estimate of drug-likeness (QED) is 0.823. The van der Waals surface area contributed by atoms with Crippen molar-refractivity contribution in [2.24, 2.45) is 5.92 Å². The molecule has 0 spiro atoms. The van der Waals surface area contributed by atoms with Crippen LogP contribution < -0.4 is 10.1 Å². The van der Waals surface area contributed by atoms with Gasteiger partial charge in [-0.15, -0.1) is 0 Å². The van der Waals surface area contributed by atoms with Gasteiger partial charge in [-0.3, -0.25) is 0 Å². The zero-order chi connectivity index (χ0) is 12.8. The van der Waals surface area contributed by atoms with E-state index in [-0.39, 0.29) is 12.6 Å². The summed E-state index contributed by atoms with van der Waals surface area (Å²) in [7, 11) is 1.64. The Kier molecular flexibility index (Phi) is 5.75. The number of rotatable bonds is 6. The monoisotopic (exact) mass is 257 g/mol. The van der Waals surface area contributed by atoms with Crippen LogP contribution in [0.25, 0.3) is 0 Å². The fourth-order valence-corrected chi connectivity index (χ4v) is 1.83. The molecule has 0 saturated heterocycles. The minimum Gasteiger partial charge on any atom is -0.496 e. The second-order valence-corrected chi connectivity index (χ2v) is 4.81. The molecule has 0 heterocycles. The Bertz CT molecular complexity index is 355. The van der Waals surface area contributed by atoms with E-state index in [0.717, 1.165) is 11.3 Å². The van der Waals surface area contributed by atoms with E-state index in [1.165, 1.54) is 0 Å². The molecule has 0 amide bonds. The molecular weight excluding hydrogens is 238 g/mol. The van der Waals surface area contributed by atoms with E-state index in [2.05, 4.69) is 19.2 Å². The molecule has 2 N–H and O–H groups in total. The standard InChI is InChI=1S/C13H20ClNO2/c1-9(2)12(8-16)15-7-10-6-11(14)4-5-13(10)17-3/h4-6,9,12,15-16H,7-8H2,1-3H3. The van der Waals surface area contributed by atoms with Gasteiger partial charge < -0.3 is 15.2 Å². The number of benzene rings is 1. The van der Waals surface area contributed by atoms with Crippen LogP contribution in [0.15, 0.2) is 18.2 Å². The third kappa shape index (κ3) is 4.19. The fourth-order valence-electron chi connectivity index (χ4n) is 1.64. The zero-order valence-corrected chi connectivity index (χ0v) is 11.3. The van der Waals surface area contributed by atoms with E-state index in [9.17, 15) is 5.11 Å². The van der Waals surface area contributed by atoms with Crippen molar-refractivity contribution in [1.29, 1.82) is 0 Å². The smallest absolute Gasteiger partial charge is 0.123 e. The van der Waals surface area contributed by atoms with Crippen molar-refractivity contribution in [2.45, 2.75) is 26.4 Å². The number of ether oxygens (including phenoxy) is 1. The van der Waals surface area contributed by atoms with Crippen molar-refractivity contribution >= 4 is 11.6 Å². The lowest BCUT2D eigenvalue weighted by Gasteiger charge is -2.20. The number of aliphatic hydroxyl groups is 1. The molecule has 0 fully saturated rings. The van der Waals surface area contributed by atoms with Gasteiger partial charge in [-0.1, -0.05) is 25.4 Å². The van der Waals surface area contributed by atoms with Crippen LogP contribution >= 0.6 is 11.6 Å². The molecule has 1 aromatic carbocycles. The third-order valence-electron chi connectivity index (χ3n) is 2.80. The number of nitrogens with one attached hydrogen (secondary N) is 1. The maximum Gasteiger partial charge on any atom is 0.123 e. The van der Waals surface area contributed by atoms with E-state index >= 15 is 0 Å². The Morgan fingerprint density at radius 3 is 2.65 bits per heavy atom. The minimum atomic E-state index is 0.0821. The highest BCUT2D eigenvalue weighted by Gasteiger charge is 2.12. The van der Waals surface area contributed by atoms with Crippen molar-refractivity contribution < 1.29 is 9.84 Å². The Labute approximate surface area is 108 Å². The zero-order valence-electron chi connectivity index (χ0n) is 10.5. The van der Waals surface area contributed by atoms with Crippen LogP contribution in [0, 0.1) is 5.92 Å². The molecule has 0 aliphatic rings. The van der Waals surface area contributed by atoms with Crippen molar-refractivity contribution in [1.82, 2.24) is 5.32 Å². The van der Waals surface area contributed by atoms with Gasteiger partial charge in [0.05, 0.1) is 13.7 Å². The van der Waals surface area contributed by atoms with Gasteiger partial charge in [-0.05, 0) is 24.1 Å². The molecule has 0 saturated carbocycles. The molecular formula is C13H20ClNO2. The van der Waals surface area contributed by atoms with Gasteiger partial charge in [-0.2, -0.15) is 0 Å². The lowest BCUT2D eigenvalue weighted by atomic mass is 10.0. The fraction of sp³-hybridized carbons (Fsp3) is 0.538. The van der Waals surface area contributed by atoms with Crippen LogP contribution in [-0.4, -0.2) is 24.9 Å². The van der Waals surface area contributed by atoms with E-state index in [4.69, 9.17) is 16.3 Å². The summed E-state index contributed by atoms with van der Waals surface area (Å²) in [5.41, 5.74) is 0.999. The van der Waals surface area contributed by atoms with Gasteiger partial charge in [-0.25, -0.2) is 0 Å². The summed E-state index contributed by atoms with van der Waals surface area (Å²) in [4.78, 5) is 0. The van der Waals surface area contributed by atoms with E-state index in [1.807, 2.05) is 12.1 Å². The first-order chi connectivity index (χ1) is 8.08. The average molecular weight is 258 g/mol. The van der Waals surface area contributed by atoms with Gasteiger partial charge in [0.15, 0.2) is 0 Å². The van der Waals surface area contributed by atoms with E-state index < -0.39 is 0 Å². The Balaban J connectivity index is 2.70. The first-order valence-electron chi connectivity index (χ1n) is 5.75. The normalized spacial score (nSPS) is 12.8. The highest BCUT2D eigenvalue weighted by molar-refractivity contribution is 6.30. The van der Waals surface area contributed by atoms with Crippen LogP contribution in [0.1, 0.15) is 19.4 Å². The topological polar surface area (TPSA) is 41.5 Å². The third-order valence-corrected chi connectivity index (χ3v) is 3.03. The van der Waals surface area contributed by atoms with Gasteiger partial charge >= 0.3 is 0 Å². The predicted molar refractivity (Wildman–Crippen MR) is 70.6 cm³/mol. The van der Waals surface area contributed by atoms with Crippen molar-refractivity contribution in [2.75, 3.05) is 13.7 Å². The molecule has 96 valence electrons. The summed E-state index contributed by atoms with van der Waals surface area (Å²) >= 11 is 5.95. The summed E-state index contributed by atoms with van der Waals surface area (Å²) in [5, 5.41) is 13.2. The van der Waals surface area contributed by atoms with Crippen LogP contribution in [-0.2, 0) is 6.54 Å². The van der Waals surface area contributed by atoms with Gasteiger partial charge in [0, 0.05) is 23.2 Å². The number of methoxy groups -OCH3 is 1.